The molecule has 1 aromatic carbocycles. The number of aliphatic imine (C=N–C) groups is 1. The summed E-state index contributed by atoms with van der Waals surface area (Å²) in [6.45, 7) is 2.78. The average Bonchev–Trinajstić information content (AvgIpc) is 3.21. The fourth-order valence-corrected chi connectivity index (χ4v) is 5.76. The van der Waals surface area contributed by atoms with Crippen LogP contribution in [0.2, 0.25) is 5.02 Å². The van der Waals surface area contributed by atoms with Crippen molar-refractivity contribution in [3.8, 4) is 0 Å². The second-order valence-corrected chi connectivity index (χ2v) is 9.18. The lowest BCUT2D eigenvalue weighted by Gasteiger charge is -2.30. The minimum atomic E-state index is 0.265. The van der Waals surface area contributed by atoms with Gasteiger partial charge in [0.25, 0.3) is 0 Å². The van der Waals surface area contributed by atoms with Crippen molar-refractivity contribution < 1.29 is 4.79 Å². The molecule has 5 heteroatoms. The third-order valence-corrected chi connectivity index (χ3v) is 7.46. The number of fused-ring (bicyclic) bond motifs is 2. The van der Waals surface area contributed by atoms with E-state index in [2.05, 4.69) is 0 Å². The molecule has 2 bridgehead atoms. The standard InChI is InChI=1S/C20H25ClN2OS/c1-13-3-6-17(12-18(13)21)22-20-23(7-2-8-25-20)19(24)11-16-10-14-4-5-15(16)9-14/h3,6,12,14-16H,2,4-5,7-11H2,1H3/t14-,15+,16+/m0/s1. The van der Waals surface area contributed by atoms with Crippen LogP contribution in [-0.2, 0) is 4.79 Å². The maximum Gasteiger partial charge on any atom is 0.228 e. The van der Waals surface area contributed by atoms with Crippen LogP contribution in [0.5, 0.6) is 0 Å². The highest BCUT2D eigenvalue weighted by molar-refractivity contribution is 8.13. The lowest BCUT2D eigenvalue weighted by molar-refractivity contribution is -0.128. The van der Waals surface area contributed by atoms with Gasteiger partial charge >= 0.3 is 0 Å². The Morgan fingerprint density at radius 3 is 2.96 bits per heavy atom. The highest BCUT2D eigenvalue weighted by atomic mass is 35.5. The molecular weight excluding hydrogens is 352 g/mol. The van der Waals surface area contributed by atoms with E-state index in [1.165, 1.54) is 25.7 Å². The zero-order valence-electron chi connectivity index (χ0n) is 14.7. The summed E-state index contributed by atoms with van der Waals surface area (Å²) in [7, 11) is 0. The third kappa shape index (κ3) is 3.75. The minimum Gasteiger partial charge on any atom is -0.291 e. The first-order valence-electron chi connectivity index (χ1n) is 9.38. The molecule has 1 aliphatic heterocycles. The van der Waals surface area contributed by atoms with Gasteiger partial charge in [0.1, 0.15) is 0 Å². The van der Waals surface area contributed by atoms with Crippen molar-refractivity contribution in [3.05, 3.63) is 28.8 Å². The molecule has 0 unspecified atom stereocenters. The molecule has 1 amide bonds. The van der Waals surface area contributed by atoms with Crippen molar-refractivity contribution in [2.24, 2.45) is 22.7 Å². The molecule has 0 spiro atoms. The van der Waals surface area contributed by atoms with Gasteiger partial charge in [0.2, 0.25) is 5.91 Å². The fourth-order valence-electron chi connectivity index (χ4n) is 4.61. The summed E-state index contributed by atoms with van der Waals surface area (Å²) >= 11 is 7.91. The summed E-state index contributed by atoms with van der Waals surface area (Å²) in [5.74, 6) is 3.58. The summed E-state index contributed by atoms with van der Waals surface area (Å²) in [6.07, 6.45) is 7.08. The Hall–Kier alpha value is -1.00. The van der Waals surface area contributed by atoms with Crippen LogP contribution >= 0.6 is 23.4 Å². The second-order valence-electron chi connectivity index (χ2n) is 7.71. The van der Waals surface area contributed by atoms with Crippen LogP contribution in [0.4, 0.5) is 5.69 Å². The van der Waals surface area contributed by atoms with E-state index in [4.69, 9.17) is 16.6 Å². The molecule has 1 saturated heterocycles. The number of carbonyl (C=O) groups is 1. The van der Waals surface area contributed by atoms with Gasteiger partial charge in [-0.05, 0) is 68.1 Å². The molecule has 0 aromatic heterocycles. The summed E-state index contributed by atoms with van der Waals surface area (Å²) in [5.41, 5.74) is 1.88. The normalized spacial score (nSPS) is 30.2. The third-order valence-electron chi connectivity index (χ3n) is 5.99. The highest BCUT2D eigenvalue weighted by Crippen LogP contribution is 2.49. The lowest BCUT2D eigenvalue weighted by atomic mass is 9.86. The number of rotatable bonds is 3. The average molecular weight is 377 g/mol. The minimum absolute atomic E-state index is 0.265. The summed E-state index contributed by atoms with van der Waals surface area (Å²) < 4.78 is 0. The van der Waals surface area contributed by atoms with E-state index in [0.717, 1.165) is 52.0 Å². The Balaban J connectivity index is 1.49. The quantitative estimate of drug-likeness (QED) is 0.704. The van der Waals surface area contributed by atoms with E-state index in [-0.39, 0.29) is 5.91 Å². The van der Waals surface area contributed by atoms with Gasteiger partial charge in [-0.25, -0.2) is 4.99 Å². The van der Waals surface area contributed by atoms with Crippen molar-refractivity contribution in [1.82, 2.24) is 4.90 Å². The van der Waals surface area contributed by atoms with Crippen molar-refractivity contribution in [2.45, 2.75) is 45.4 Å². The first-order valence-corrected chi connectivity index (χ1v) is 10.7. The van der Waals surface area contributed by atoms with Crippen LogP contribution in [0, 0.1) is 24.7 Å². The first-order chi connectivity index (χ1) is 12.1. The highest BCUT2D eigenvalue weighted by Gasteiger charge is 2.41. The van der Waals surface area contributed by atoms with Gasteiger partial charge in [-0.3, -0.25) is 9.69 Å². The molecule has 4 rings (SSSR count). The summed E-state index contributed by atoms with van der Waals surface area (Å²) in [5, 5.41) is 1.57. The predicted octanol–water partition coefficient (Wildman–Crippen LogP) is 5.43. The van der Waals surface area contributed by atoms with Crippen LogP contribution in [0.15, 0.2) is 23.2 Å². The number of benzene rings is 1. The molecule has 1 aromatic rings. The molecule has 0 N–H and O–H groups in total. The zero-order chi connectivity index (χ0) is 17.4. The molecule has 2 aliphatic carbocycles. The number of halogens is 1. The van der Waals surface area contributed by atoms with E-state index in [1.54, 1.807) is 11.8 Å². The van der Waals surface area contributed by atoms with Crippen molar-refractivity contribution in [3.63, 3.8) is 0 Å². The van der Waals surface area contributed by atoms with E-state index < -0.39 is 0 Å². The first kappa shape index (κ1) is 17.4. The van der Waals surface area contributed by atoms with Crippen LogP contribution < -0.4 is 0 Å². The molecule has 3 atom stereocenters. The van der Waals surface area contributed by atoms with Crippen molar-refractivity contribution >= 4 is 40.1 Å². The summed E-state index contributed by atoms with van der Waals surface area (Å²) in [4.78, 5) is 19.6. The van der Waals surface area contributed by atoms with Crippen LogP contribution in [0.3, 0.4) is 0 Å². The molecule has 1 heterocycles. The number of hydrogen-bond donors (Lipinski definition) is 0. The Bertz CT molecular complexity index is 705. The fraction of sp³-hybridized carbons (Fsp3) is 0.600. The predicted molar refractivity (Wildman–Crippen MR) is 106 cm³/mol. The van der Waals surface area contributed by atoms with Crippen molar-refractivity contribution in [1.29, 1.82) is 0 Å². The molecule has 0 radical (unpaired) electrons. The number of amidine groups is 1. The van der Waals surface area contributed by atoms with Gasteiger partial charge in [0.05, 0.1) is 5.69 Å². The Morgan fingerprint density at radius 1 is 1.36 bits per heavy atom. The number of hydrogen-bond acceptors (Lipinski definition) is 3. The maximum atomic E-state index is 13.0. The molecule has 2 saturated carbocycles. The topological polar surface area (TPSA) is 32.7 Å². The largest absolute Gasteiger partial charge is 0.291 e. The van der Waals surface area contributed by atoms with E-state index >= 15 is 0 Å². The van der Waals surface area contributed by atoms with Crippen LogP contribution in [0.1, 0.15) is 44.1 Å². The van der Waals surface area contributed by atoms with Gasteiger partial charge < -0.3 is 0 Å². The van der Waals surface area contributed by atoms with Crippen LogP contribution in [0.25, 0.3) is 0 Å². The zero-order valence-corrected chi connectivity index (χ0v) is 16.3. The Labute approximate surface area is 159 Å². The van der Waals surface area contributed by atoms with Crippen molar-refractivity contribution in [2.75, 3.05) is 12.3 Å². The number of carbonyl (C=O) groups excluding carboxylic acids is 1. The molecule has 3 fully saturated rings. The van der Waals surface area contributed by atoms with E-state index in [0.29, 0.717) is 12.3 Å². The molecule has 3 nitrogen and oxygen atoms in total. The summed E-state index contributed by atoms with van der Waals surface area (Å²) in [6, 6.07) is 5.84. The van der Waals surface area contributed by atoms with Gasteiger partial charge in [-0.15, -0.1) is 0 Å². The van der Waals surface area contributed by atoms with Gasteiger partial charge in [-0.2, -0.15) is 0 Å². The smallest absolute Gasteiger partial charge is 0.228 e. The van der Waals surface area contributed by atoms with Crippen LogP contribution in [-0.4, -0.2) is 28.3 Å². The SMILES string of the molecule is Cc1ccc(N=C2SCCCN2C(=O)C[C@H]2C[C@H]3CC[C@@H]2C3)cc1Cl. The van der Waals surface area contributed by atoms with Gasteiger partial charge in [0, 0.05) is 23.7 Å². The van der Waals surface area contributed by atoms with E-state index in [9.17, 15) is 4.79 Å². The molecule has 134 valence electrons. The number of aryl methyl sites for hydroxylation is 1. The molecular formula is C20H25ClN2OS. The Kier molecular flexibility index (Phi) is 5.10. The molecule has 3 aliphatic rings. The van der Waals surface area contributed by atoms with E-state index in [1.807, 2.05) is 30.0 Å². The number of nitrogens with zero attached hydrogens (tertiary/aromatic N) is 2. The number of amides is 1. The molecule has 25 heavy (non-hydrogen) atoms. The maximum absolute atomic E-state index is 13.0. The van der Waals surface area contributed by atoms with Gasteiger partial charge in [0.15, 0.2) is 5.17 Å². The van der Waals surface area contributed by atoms with Gasteiger partial charge in [-0.1, -0.05) is 35.9 Å². The lowest BCUT2D eigenvalue weighted by Crippen LogP contribution is -2.40. The Morgan fingerprint density at radius 2 is 2.24 bits per heavy atom. The monoisotopic (exact) mass is 376 g/mol. The second kappa shape index (κ2) is 7.32. The number of thioether (sulfide) groups is 1.